The lowest BCUT2D eigenvalue weighted by atomic mass is 9.97. The molecule has 12 aliphatic rings. The van der Waals surface area contributed by atoms with E-state index in [0.717, 1.165) is 103 Å². The smallest absolute Gasteiger partial charge is 0.119 e. The van der Waals surface area contributed by atoms with E-state index in [0.29, 0.717) is 66.1 Å². The van der Waals surface area contributed by atoms with Gasteiger partial charge in [0.2, 0.25) is 0 Å². The molecule has 0 saturated carbocycles. The molecule has 0 saturated heterocycles. The molecular formula is C56H52N4O6. The minimum atomic E-state index is 0.451. The number of pyridine rings is 4. The average molecular weight is 877 g/mol. The van der Waals surface area contributed by atoms with Gasteiger partial charge in [-0.1, -0.05) is 72.8 Å². The Morgan fingerprint density at radius 2 is 0.712 bits per heavy atom. The van der Waals surface area contributed by atoms with E-state index in [9.17, 15) is 0 Å². The molecule has 16 heterocycles. The molecule has 0 aliphatic carbocycles. The van der Waals surface area contributed by atoms with Gasteiger partial charge in [-0.3, -0.25) is 19.9 Å². The topological polar surface area (TPSA) is 107 Å². The molecular weight excluding hydrogens is 825 g/mol. The first-order chi connectivity index (χ1) is 32.7. The van der Waals surface area contributed by atoms with Gasteiger partial charge in [0.1, 0.15) is 24.7 Å². The van der Waals surface area contributed by atoms with Crippen molar-refractivity contribution in [3.05, 3.63) is 168 Å². The van der Waals surface area contributed by atoms with Crippen LogP contribution in [0.15, 0.2) is 146 Å². The number of nitrogens with zero attached hydrogens (tertiary/aromatic N) is 4. The molecule has 10 heteroatoms. The Balaban J connectivity index is 0.827. The van der Waals surface area contributed by atoms with Crippen LogP contribution in [0, 0.1) is 0 Å². The van der Waals surface area contributed by atoms with Gasteiger partial charge in [-0.25, -0.2) is 0 Å². The third kappa shape index (κ3) is 10.3. The minimum Gasteiger partial charge on any atom is -0.491 e. The first-order valence-corrected chi connectivity index (χ1v) is 22.9. The molecule has 0 amide bonds. The van der Waals surface area contributed by atoms with Gasteiger partial charge in [-0.15, -0.1) is 0 Å². The van der Waals surface area contributed by atoms with E-state index in [4.69, 9.17) is 48.4 Å². The van der Waals surface area contributed by atoms with Gasteiger partial charge in [0.15, 0.2) is 0 Å². The maximum absolute atomic E-state index is 5.93. The molecule has 0 spiro atoms. The number of hydrogen-bond acceptors (Lipinski definition) is 10. The van der Waals surface area contributed by atoms with Gasteiger partial charge in [0.25, 0.3) is 0 Å². The molecule has 21 rings (SSSR count). The molecule has 4 aromatic heterocycles. The van der Waals surface area contributed by atoms with E-state index in [-0.39, 0.29) is 0 Å². The van der Waals surface area contributed by atoms with Crippen molar-refractivity contribution in [2.24, 2.45) is 0 Å². The third-order valence-electron chi connectivity index (χ3n) is 12.2. The highest BCUT2D eigenvalue weighted by molar-refractivity contribution is 6.05. The molecule has 5 aromatic carbocycles. The van der Waals surface area contributed by atoms with Crippen molar-refractivity contribution >= 4 is 43.6 Å². The van der Waals surface area contributed by atoms with E-state index in [2.05, 4.69) is 97.1 Å². The van der Waals surface area contributed by atoms with Crippen molar-refractivity contribution in [3.8, 4) is 33.8 Å². The van der Waals surface area contributed by atoms with Gasteiger partial charge in [-0.05, 0) is 108 Å². The molecule has 0 atom stereocenters. The zero-order chi connectivity index (χ0) is 44.3. The average Bonchev–Trinajstić information content (AvgIpc) is 3.37. The van der Waals surface area contributed by atoms with Crippen molar-refractivity contribution in [3.63, 3.8) is 0 Å². The van der Waals surface area contributed by atoms with E-state index in [1.165, 1.54) is 22.3 Å². The molecule has 66 heavy (non-hydrogen) atoms. The van der Waals surface area contributed by atoms with Crippen LogP contribution in [0.3, 0.4) is 0 Å². The van der Waals surface area contributed by atoms with Crippen LogP contribution < -0.4 is 9.47 Å². The number of aryl methyl sites for hydroxylation is 4. The fourth-order valence-corrected chi connectivity index (χ4v) is 8.60. The lowest BCUT2D eigenvalue weighted by Gasteiger charge is -2.11. The Hall–Kier alpha value is -6.82. The summed E-state index contributed by atoms with van der Waals surface area (Å²) in [6, 6.07) is 42.7. The zero-order valence-corrected chi connectivity index (χ0v) is 37.0. The van der Waals surface area contributed by atoms with Gasteiger partial charge in [0, 0.05) is 57.5 Å². The summed E-state index contributed by atoms with van der Waals surface area (Å²) in [5.41, 5.74) is 13.1. The fraction of sp³-hybridized carbons (Fsp3) is 0.250. The van der Waals surface area contributed by atoms with Crippen molar-refractivity contribution < 1.29 is 28.4 Å². The predicted octanol–water partition coefficient (Wildman–Crippen LogP) is 10.6. The van der Waals surface area contributed by atoms with E-state index in [1.54, 1.807) is 0 Å². The number of benzene rings is 5. The van der Waals surface area contributed by atoms with E-state index < -0.39 is 0 Å². The second-order valence-corrected chi connectivity index (χ2v) is 16.5. The van der Waals surface area contributed by atoms with Crippen molar-refractivity contribution in [2.75, 3.05) is 66.1 Å². The lowest BCUT2D eigenvalue weighted by molar-refractivity contribution is -0.00698. The normalized spacial score (nSPS) is 15.3. The summed E-state index contributed by atoms with van der Waals surface area (Å²) in [7, 11) is 0. The summed E-state index contributed by atoms with van der Waals surface area (Å²) < 4.78 is 34.5. The maximum Gasteiger partial charge on any atom is 0.119 e. The Morgan fingerprint density at radius 1 is 0.318 bits per heavy atom. The summed E-state index contributed by atoms with van der Waals surface area (Å²) in [4.78, 5) is 19.5. The van der Waals surface area contributed by atoms with Gasteiger partial charge < -0.3 is 28.4 Å². The van der Waals surface area contributed by atoms with Gasteiger partial charge in [0.05, 0.1) is 74.9 Å². The quantitative estimate of drug-likeness (QED) is 0.137. The number of ether oxygens (including phenoxy) is 6. The van der Waals surface area contributed by atoms with Crippen molar-refractivity contribution in [1.82, 2.24) is 19.9 Å². The minimum absolute atomic E-state index is 0.451. The highest BCUT2D eigenvalue weighted by Crippen LogP contribution is 2.32. The van der Waals surface area contributed by atoms with Crippen molar-refractivity contribution in [2.45, 2.75) is 25.7 Å². The summed E-state index contributed by atoms with van der Waals surface area (Å²) in [6.45, 7) is 4.78. The Kier molecular flexibility index (Phi) is 13.7. The van der Waals surface area contributed by atoms with Gasteiger partial charge in [-0.2, -0.15) is 0 Å². The third-order valence-corrected chi connectivity index (χ3v) is 12.2. The van der Waals surface area contributed by atoms with Crippen LogP contribution >= 0.6 is 0 Å². The Bertz CT molecular complexity index is 2840. The second-order valence-electron chi connectivity index (χ2n) is 16.5. The molecule has 0 N–H and O–H groups in total. The molecule has 0 fully saturated rings. The first-order valence-electron chi connectivity index (χ1n) is 22.9. The molecule has 332 valence electrons. The molecule has 0 radical (unpaired) electrons. The first kappa shape index (κ1) is 43.1. The molecule has 9 aromatic rings. The van der Waals surface area contributed by atoms with Crippen molar-refractivity contribution in [1.29, 1.82) is 0 Å². The highest BCUT2D eigenvalue weighted by Gasteiger charge is 2.12. The predicted molar refractivity (Wildman–Crippen MR) is 260 cm³/mol. The summed E-state index contributed by atoms with van der Waals surface area (Å²) >= 11 is 0. The maximum atomic E-state index is 5.93. The largest absolute Gasteiger partial charge is 0.491 e. The molecule has 18 bridgehead atoms. The fourth-order valence-electron chi connectivity index (χ4n) is 8.60. The number of rotatable bonds is 0. The number of fused-ring (bicyclic) bond motifs is 1. The Morgan fingerprint density at radius 3 is 1.12 bits per heavy atom. The summed E-state index contributed by atoms with van der Waals surface area (Å²) in [5, 5.41) is 4.42. The number of hydrogen-bond donors (Lipinski definition) is 0. The standard InChI is InChI=1S/C56H52N4O6/c1-2-40-4-3-39(1)5-7-43-21-23-57-55-51(43)19-13-45-35-47(37-59-53(45)55)41-9-15-49(16-10-41)65-33-31-63-29-27-61-25-26-62-28-30-64-32-34-66-50-17-11-42(12-18-50)48-36-46-14-20-52-44(8-6-40)22-24-58-56(52)54(46)60-38-48/h1-4,9-24,35-38H,5-8,25-34H2. The second kappa shape index (κ2) is 21.0. The van der Waals surface area contributed by atoms with E-state index in [1.807, 2.05) is 49.1 Å². The monoisotopic (exact) mass is 876 g/mol. The Labute approximate surface area is 384 Å². The highest BCUT2D eigenvalue weighted by atomic mass is 16.6. The van der Waals surface area contributed by atoms with Crippen LogP contribution in [-0.2, 0) is 44.6 Å². The molecule has 0 unspecified atom stereocenters. The SMILES string of the molecule is c1cc2c3ccc4cc(cnc4c3n1)-c1ccc(cc1)OCCOCCOCCOCCOCCOc1ccc(cc1)-c1cnc3c(ccc4c(ccnc43)CCc3ccc(cc3)CC2)c1. The lowest BCUT2D eigenvalue weighted by Crippen LogP contribution is -2.14. The van der Waals surface area contributed by atoms with Gasteiger partial charge >= 0.3 is 0 Å². The summed E-state index contributed by atoms with van der Waals surface area (Å²) in [5.74, 6) is 1.58. The van der Waals surface area contributed by atoms with E-state index >= 15 is 0 Å². The van der Waals surface area contributed by atoms with Crippen LogP contribution in [0.2, 0.25) is 0 Å². The summed E-state index contributed by atoms with van der Waals surface area (Å²) in [6.07, 6.45) is 11.4. The zero-order valence-electron chi connectivity index (χ0n) is 37.0. The van der Waals surface area contributed by atoms with Crippen LogP contribution in [0.5, 0.6) is 11.5 Å². The number of aromatic nitrogens is 4. The molecule has 10 nitrogen and oxygen atoms in total. The molecule has 12 aliphatic heterocycles. The van der Waals surface area contributed by atoms with Crippen LogP contribution in [0.1, 0.15) is 22.3 Å². The van der Waals surface area contributed by atoms with Crippen LogP contribution in [0.25, 0.3) is 65.9 Å². The van der Waals surface area contributed by atoms with Crippen LogP contribution in [-0.4, -0.2) is 86.0 Å². The van der Waals surface area contributed by atoms with Crippen LogP contribution in [0.4, 0.5) is 0 Å².